The maximum Gasteiger partial charge on any atom is 0.408 e. The summed E-state index contributed by atoms with van der Waals surface area (Å²) in [4.78, 5) is 106. The molecule has 1 aliphatic rings. The van der Waals surface area contributed by atoms with Crippen molar-refractivity contribution in [3.8, 4) is 0 Å². The number of nitrogens with one attached hydrogen (secondary N) is 4. The van der Waals surface area contributed by atoms with Gasteiger partial charge in [0.2, 0.25) is 6.29 Å². The van der Waals surface area contributed by atoms with E-state index in [0.717, 1.165) is 27.8 Å². The second-order valence-electron chi connectivity index (χ2n) is 25.8. The molecule has 0 radical (unpaired) electrons. The lowest BCUT2D eigenvalue weighted by Gasteiger charge is -2.29. The lowest BCUT2D eigenvalue weighted by Crippen LogP contribution is -2.48. The summed E-state index contributed by atoms with van der Waals surface area (Å²) >= 11 is 0. The topological polar surface area (TPSA) is 322 Å². The number of hydrogen-bond donors (Lipinski definition) is 4. The Labute approximate surface area is 615 Å². The highest BCUT2D eigenvalue weighted by atomic mass is 16.7. The van der Waals surface area contributed by atoms with E-state index < -0.39 is 108 Å². The predicted molar refractivity (Wildman–Crippen MR) is 390 cm³/mol. The van der Waals surface area contributed by atoms with E-state index in [1.807, 2.05) is 152 Å². The van der Waals surface area contributed by atoms with Crippen LogP contribution in [0, 0.1) is 0 Å². The van der Waals surface area contributed by atoms with Gasteiger partial charge in [0, 0.05) is 0 Å². The summed E-state index contributed by atoms with van der Waals surface area (Å²) in [5.41, 5.74) is 2.69. The third kappa shape index (κ3) is 42.6. The van der Waals surface area contributed by atoms with Gasteiger partial charge in [-0.05, 0) is 90.1 Å². The van der Waals surface area contributed by atoms with Crippen LogP contribution in [0.5, 0.6) is 0 Å². The molecule has 105 heavy (non-hydrogen) atoms. The van der Waals surface area contributed by atoms with E-state index in [-0.39, 0.29) is 78.5 Å². The molecule has 0 aliphatic carbocycles. The number of aldehydes is 1. The molecule has 6 rings (SSSR count). The molecule has 0 saturated carbocycles. The Morgan fingerprint density at radius 1 is 0.429 bits per heavy atom. The van der Waals surface area contributed by atoms with E-state index in [4.69, 9.17) is 56.8 Å². The smallest absolute Gasteiger partial charge is 0.408 e. The Morgan fingerprint density at radius 2 is 0.714 bits per heavy atom. The summed E-state index contributed by atoms with van der Waals surface area (Å²) in [6.07, 6.45) is 0.215. The zero-order chi connectivity index (χ0) is 77.5. The summed E-state index contributed by atoms with van der Waals surface area (Å²) in [7, 11) is 0. The maximum atomic E-state index is 12.6. The van der Waals surface area contributed by atoms with Crippen LogP contribution in [0.2, 0.25) is 0 Å². The van der Waals surface area contributed by atoms with Crippen molar-refractivity contribution >= 4 is 54.5 Å². The van der Waals surface area contributed by atoms with Gasteiger partial charge >= 0.3 is 48.3 Å². The summed E-state index contributed by atoms with van der Waals surface area (Å²) in [5.74, 6) is -1.97. The van der Waals surface area contributed by atoms with Crippen LogP contribution in [0.3, 0.4) is 0 Å². The van der Waals surface area contributed by atoms with Crippen LogP contribution in [0.4, 0.5) is 19.2 Å². The first-order valence-electron chi connectivity index (χ1n) is 33.7. The molecule has 1 saturated heterocycles. The first-order valence-corrected chi connectivity index (χ1v) is 33.7. The average molecular weight is 1460 g/mol. The molecule has 4 amide bonds. The quantitative estimate of drug-likeness (QED) is 0.00951. The molecule has 5 atom stereocenters. The van der Waals surface area contributed by atoms with Gasteiger partial charge in [-0.25, -0.2) is 19.2 Å². The van der Waals surface area contributed by atoms with Crippen LogP contribution in [0.1, 0.15) is 116 Å². The predicted octanol–water partition coefficient (Wildman–Crippen LogP) is 12.5. The van der Waals surface area contributed by atoms with Gasteiger partial charge in [0.1, 0.15) is 55.6 Å². The summed E-state index contributed by atoms with van der Waals surface area (Å²) < 4.78 is 70.2. The first-order chi connectivity index (χ1) is 50.0. The Balaban J connectivity index is 0.000000375. The SMILES string of the molecule is C=CCOC(=O)N[C@@H](CC(=O)OC(C)(C)C)C(OCc1ccccc1)OCc1ccccc1.C=CCOC(=O)N[C@@H](CC(=O)OC(C)(C)C)C(OCc1ccccc1)OCc1ccccc1.C=CCOC(=O)N[C@H](C=O)CC(=O)OC(C)(C)C.C=CCOC(=O)N[C@H]1CC(=O)OC1OCc1ccccc1. The summed E-state index contributed by atoms with van der Waals surface area (Å²) in [5, 5.41) is 10.2. The van der Waals surface area contributed by atoms with Crippen LogP contribution < -0.4 is 21.3 Å². The molecule has 0 bridgehead atoms. The zero-order valence-corrected chi connectivity index (χ0v) is 61.4. The van der Waals surface area contributed by atoms with Crippen LogP contribution in [-0.4, -0.2) is 141 Å². The highest BCUT2D eigenvalue weighted by molar-refractivity contribution is 5.80. The molecule has 26 nitrogen and oxygen atoms in total. The molecule has 1 aliphatic heterocycles. The molecule has 4 N–H and O–H groups in total. The van der Waals surface area contributed by atoms with Crippen LogP contribution in [-0.2, 0) is 119 Å². The van der Waals surface area contributed by atoms with Gasteiger partial charge in [0.25, 0.3) is 0 Å². The number of cyclic esters (lactones) is 1. The number of alkyl carbamates (subject to hydrolysis) is 4. The Morgan fingerprint density at radius 3 is 1.01 bits per heavy atom. The van der Waals surface area contributed by atoms with Gasteiger partial charge in [0.15, 0.2) is 12.6 Å². The molecular formula is C79H102N4O22. The van der Waals surface area contributed by atoms with Crippen LogP contribution >= 0.6 is 0 Å². The van der Waals surface area contributed by atoms with Crippen molar-refractivity contribution in [3.05, 3.63) is 230 Å². The molecule has 1 heterocycles. The third-order valence-corrected chi connectivity index (χ3v) is 13.0. The van der Waals surface area contributed by atoms with E-state index in [1.54, 1.807) is 62.3 Å². The second-order valence-corrected chi connectivity index (χ2v) is 25.8. The van der Waals surface area contributed by atoms with E-state index >= 15 is 0 Å². The number of ether oxygens (including phenoxy) is 13. The maximum absolute atomic E-state index is 12.6. The number of rotatable bonds is 36. The fourth-order valence-corrected chi connectivity index (χ4v) is 8.69. The fourth-order valence-electron chi connectivity index (χ4n) is 8.69. The average Bonchev–Trinajstić information content (AvgIpc) is 1.80. The zero-order valence-electron chi connectivity index (χ0n) is 61.4. The second kappa shape index (κ2) is 49.2. The van der Waals surface area contributed by atoms with Gasteiger partial charge in [-0.3, -0.25) is 19.2 Å². The lowest BCUT2D eigenvalue weighted by atomic mass is 10.1. The van der Waals surface area contributed by atoms with Gasteiger partial charge in [0.05, 0.1) is 76.8 Å². The van der Waals surface area contributed by atoms with Gasteiger partial charge in [-0.1, -0.05) is 202 Å². The number of carbonyl (C=O) groups excluding carboxylic acids is 9. The van der Waals surface area contributed by atoms with Crippen molar-refractivity contribution in [2.45, 2.75) is 181 Å². The number of hydrogen-bond acceptors (Lipinski definition) is 22. The largest absolute Gasteiger partial charge is 0.460 e. The first kappa shape index (κ1) is 88.7. The summed E-state index contributed by atoms with van der Waals surface area (Å²) in [6, 6.07) is 44.5. The van der Waals surface area contributed by atoms with Crippen LogP contribution in [0.15, 0.2) is 202 Å². The summed E-state index contributed by atoms with van der Waals surface area (Å²) in [6.45, 7) is 31.1. The number of carbonyl (C=O) groups is 9. The van der Waals surface area contributed by atoms with E-state index in [2.05, 4.69) is 52.3 Å². The minimum absolute atomic E-state index is 0.0316. The number of benzene rings is 5. The number of esters is 4. The van der Waals surface area contributed by atoms with Crippen molar-refractivity contribution in [1.29, 1.82) is 0 Å². The van der Waals surface area contributed by atoms with Crippen molar-refractivity contribution in [3.63, 3.8) is 0 Å². The van der Waals surface area contributed by atoms with E-state index in [0.29, 0.717) is 12.9 Å². The van der Waals surface area contributed by atoms with Crippen LogP contribution in [0.25, 0.3) is 0 Å². The molecule has 26 heteroatoms. The van der Waals surface area contributed by atoms with E-state index in [1.165, 1.54) is 24.3 Å². The Kier molecular flexibility index (Phi) is 41.6. The third-order valence-electron chi connectivity index (χ3n) is 13.0. The fraction of sp³-hybridized carbons (Fsp3) is 0.405. The van der Waals surface area contributed by atoms with Gasteiger partial charge < -0.3 is 87.6 Å². The van der Waals surface area contributed by atoms with Gasteiger partial charge in [-0.2, -0.15) is 0 Å². The monoisotopic (exact) mass is 1460 g/mol. The molecular weight excluding hydrogens is 1360 g/mol. The van der Waals surface area contributed by atoms with Crippen molar-refractivity contribution in [1.82, 2.24) is 21.3 Å². The number of amides is 4. The molecule has 0 aromatic heterocycles. The van der Waals surface area contributed by atoms with Gasteiger partial charge in [-0.15, -0.1) is 0 Å². The van der Waals surface area contributed by atoms with Crippen molar-refractivity contribution in [2.24, 2.45) is 0 Å². The molecule has 1 unspecified atom stereocenters. The molecule has 0 spiro atoms. The van der Waals surface area contributed by atoms with Crippen molar-refractivity contribution < 1.29 is 105 Å². The lowest BCUT2D eigenvalue weighted by molar-refractivity contribution is -0.181. The standard InChI is InChI=1S/2C26H33NO6.C15H17NO5.C12H19NO5/c2*1-5-16-30-25(29)27-22(17-23(28)33-26(2,3)4)24(31-18-20-12-8-6-9-13-20)32-19-21-14-10-7-11-15-21;1-2-8-19-15(18)16-12-9-13(17)21-14(12)20-10-11-6-4-3-5-7-11;1-5-6-17-11(16)13-9(8-14)7-10(15)18-12(2,3)4/h2*5-15,22,24H,1,16-19H2,2-4H3,(H,27,29);2-7,12,14H,1,8-10H2,(H,16,18);5,8-9H,1,6-7H2,2-4H3,(H,13,16)/t2*22-;12-,14?;9-/m0000/s1. The minimum atomic E-state index is -0.961. The molecule has 5 aromatic rings. The van der Waals surface area contributed by atoms with Crippen molar-refractivity contribution in [2.75, 3.05) is 26.4 Å². The Bertz CT molecular complexity index is 3180. The molecule has 570 valence electrons. The highest BCUT2D eigenvalue weighted by Gasteiger charge is 2.38. The highest BCUT2D eigenvalue weighted by Crippen LogP contribution is 2.21. The Hall–Kier alpha value is -10.5. The normalized spacial score (nSPS) is 13.8. The van der Waals surface area contributed by atoms with E-state index in [9.17, 15) is 43.2 Å². The minimum Gasteiger partial charge on any atom is -0.460 e. The molecule has 5 aromatic carbocycles. The molecule has 1 fully saturated rings.